The van der Waals surface area contributed by atoms with Crippen molar-refractivity contribution in [3.05, 3.63) is 40.3 Å². The van der Waals surface area contributed by atoms with Gasteiger partial charge in [-0.1, -0.05) is 0 Å². The molecule has 10 nitrogen and oxygen atoms in total. The Bertz CT molecular complexity index is 997. The first-order chi connectivity index (χ1) is 11.2. The maximum atomic E-state index is 12.1. The molecule has 0 amide bonds. The topological polar surface area (TPSA) is 175 Å². The van der Waals surface area contributed by atoms with Crippen LogP contribution in [0.1, 0.15) is 53.6 Å². The molecule has 0 bridgehead atoms. The quantitative estimate of drug-likeness (QED) is 0.348. The summed E-state index contributed by atoms with van der Waals surface area (Å²) in [5.41, 5.74) is -3.21. The molecule has 0 saturated carbocycles. The van der Waals surface area contributed by atoms with Crippen molar-refractivity contribution >= 4 is 29.5 Å². The van der Waals surface area contributed by atoms with E-state index in [1.54, 1.807) is 0 Å². The molecule has 11 heteroatoms. The fraction of sp³-hybridized carbons (Fsp3) is 0. The molecule has 0 aromatic carbocycles. The molecule has 0 spiro atoms. The summed E-state index contributed by atoms with van der Waals surface area (Å²) in [4.78, 5) is 63.7. The minimum absolute atomic E-state index is 0. The third-order valence-corrected chi connectivity index (χ3v) is 3.43. The molecule has 2 aromatic rings. The van der Waals surface area contributed by atoms with Gasteiger partial charge >= 0.3 is 47.5 Å². The largest absolute Gasteiger partial charge is 1.00 e. The van der Waals surface area contributed by atoms with Gasteiger partial charge in [0, 0.05) is 5.56 Å². The molecule has 0 saturated heterocycles. The van der Waals surface area contributed by atoms with Crippen molar-refractivity contribution in [2.24, 2.45) is 0 Å². The SMILES string of the molecule is O=C(O)c1cc(C(=O)O)c2c(n1)C(=O)C(=O)c1cc(C(=O)O)[nH]c1-2.[H-].[Na+]. The van der Waals surface area contributed by atoms with E-state index in [4.69, 9.17) is 10.2 Å². The maximum absolute atomic E-state index is 12.1. The Morgan fingerprint density at radius 1 is 0.960 bits per heavy atom. The van der Waals surface area contributed by atoms with Gasteiger partial charge in [-0.2, -0.15) is 0 Å². The number of aromatic amines is 1. The molecule has 2 heterocycles. The van der Waals surface area contributed by atoms with Crippen LogP contribution in [0.15, 0.2) is 12.1 Å². The van der Waals surface area contributed by atoms with Crippen molar-refractivity contribution in [2.75, 3.05) is 0 Å². The second-order valence-electron chi connectivity index (χ2n) is 4.82. The zero-order valence-electron chi connectivity index (χ0n) is 13.5. The molecule has 4 N–H and O–H groups in total. The van der Waals surface area contributed by atoms with E-state index in [-0.39, 0.29) is 47.8 Å². The summed E-state index contributed by atoms with van der Waals surface area (Å²) in [6.07, 6.45) is 0. The van der Waals surface area contributed by atoms with Crippen LogP contribution in [0.4, 0.5) is 0 Å². The van der Waals surface area contributed by atoms with E-state index in [2.05, 4.69) is 9.97 Å². The van der Waals surface area contributed by atoms with Gasteiger partial charge in [-0.3, -0.25) is 9.59 Å². The van der Waals surface area contributed by atoms with Crippen molar-refractivity contribution in [1.82, 2.24) is 9.97 Å². The smallest absolute Gasteiger partial charge is 1.00 e. The molecule has 0 unspecified atom stereocenters. The molecule has 0 radical (unpaired) electrons. The summed E-state index contributed by atoms with van der Waals surface area (Å²) in [7, 11) is 0. The number of nitrogens with one attached hydrogen (secondary N) is 1. The van der Waals surface area contributed by atoms with Gasteiger partial charge in [0.05, 0.1) is 16.8 Å². The van der Waals surface area contributed by atoms with Gasteiger partial charge in [0.2, 0.25) is 5.78 Å². The van der Waals surface area contributed by atoms with Crippen LogP contribution in [0.25, 0.3) is 11.3 Å². The summed E-state index contributed by atoms with van der Waals surface area (Å²) in [5, 5.41) is 27.3. The Kier molecular flexibility index (Phi) is 4.62. The summed E-state index contributed by atoms with van der Waals surface area (Å²) < 4.78 is 0. The molecule has 0 atom stereocenters. The Morgan fingerprint density at radius 2 is 1.60 bits per heavy atom. The molecule has 1 aliphatic carbocycles. The average Bonchev–Trinajstić information content (AvgIpc) is 2.96. The number of carbonyl (C=O) groups excluding carboxylic acids is 2. The number of carboxylic acid groups (broad SMARTS) is 3. The number of ketones is 2. The van der Waals surface area contributed by atoms with Crippen LogP contribution < -0.4 is 29.6 Å². The predicted octanol–water partition coefficient (Wildman–Crippen LogP) is -2.33. The van der Waals surface area contributed by atoms with Crippen molar-refractivity contribution in [1.29, 1.82) is 0 Å². The average molecular weight is 354 g/mol. The molecule has 0 aliphatic heterocycles. The van der Waals surface area contributed by atoms with E-state index in [0.717, 1.165) is 12.1 Å². The number of Topliss-reactive ketones (excluding diaryl/α,β-unsaturated/α-hetero) is 2. The number of hydrogen-bond acceptors (Lipinski definition) is 6. The second-order valence-corrected chi connectivity index (χ2v) is 4.82. The first-order valence-corrected chi connectivity index (χ1v) is 6.29. The zero-order chi connectivity index (χ0) is 17.8. The van der Waals surface area contributed by atoms with Gasteiger partial charge < -0.3 is 21.7 Å². The van der Waals surface area contributed by atoms with Crippen LogP contribution in [-0.4, -0.2) is 54.8 Å². The number of aromatic nitrogens is 2. The summed E-state index contributed by atoms with van der Waals surface area (Å²) >= 11 is 0. The number of fused-ring (bicyclic) bond motifs is 3. The molecule has 25 heavy (non-hydrogen) atoms. The van der Waals surface area contributed by atoms with Crippen LogP contribution in [0.2, 0.25) is 0 Å². The predicted molar refractivity (Wildman–Crippen MR) is 74.7 cm³/mol. The monoisotopic (exact) mass is 354 g/mol. The van der Waals surface area contributed by atoms with E-state index in [0.29, 0.717) is 0 Å². The fourth-order valence-corrected chi connectivity index (χ4v) is 2.42. The van der Waals surface area contributed by atoms with Crippen molar-refractivity contribution in [2.45, 2.75) is 0 Å². The second kappa shape index (κ2) is 6.24. The van der Waals surface area contributed by atoms with E-state index in [1.165, 1.54) is 0 Å². The minimum atomic E-state index is -1.58. The summed E-state index contributed by atoms with van der Waals surface area (Å²) in [5.74, 6) is -6.87. The van der Waals surface area contributed by atoms with Gasteiger partial charge in [-0.15, -0.1) is 0 Å². The van der Waals surface area contributed by atoms with Gasteiger partial charge in [-0.25, -0.2) is 19.4 Å². The third kappa shape index (κ3) is 2.76. The minimum Gasteiger partial charge on any atom is -1.00 e. The van der Waals surface area contributed by atoms with E-state index in [1.807, 2.05) is 0 Å². The number of rotatable bonds is 3. The molecular weight excluding hydrogens is 347 g/mol. The van der Waals surface area contributed by atoms with Gasteiger partial charge in [-0.05, 0) is 12.1 Å². The number of H-pyrrole nitrogens is 1. The van der Waals surface area contributed by atoms with Gasteiger partial charge in [0.25, 0.3) is 5.78 Å². The van der Waals surface area contributed by atoms with E-state index < -0.39 is 52.1 Å². The Labute approximate surface area is 161 Å². The van der Waals surface area contributed by atoms with E-state index >= 15 is 0 Å². The van der Waals surface area contributed by atoms with Crippen LogP contribution in [-0.2, 0) is 0 Å². The first kappa shape index (κ1) is 18.5. The number of pyridine rings is 1. The molecule has 3 rings (SSSR count). The summed E-state index contributed by atoms with van der Waals surface area (Å²) in [6.45, 7) is 0. The van der Waals surface area contributed by atoms with Crippen molar-refractivity contribution in [3.63, 3.8) is 0 Å². The maximum Gasteiger partial charge on any atom is 1.00 e. The van der Waals surface area contributed by atoms with Crippen LogP contribution >= 0.6 is 0 Å². The normalized spacial score (nSPS) is 12.0. The van der Waals surface area contributed by atoms with E-state index in [9.17, 15) is 29.1 Å². The van der Waals surface area contributed by atoms with Crippen LogP contribution in [0, 0.1) is 0 Å². The Balaban J connectivity index is 0.00000169. The number of carboxylic acids is 3. The van der Waals surface area contributed by atoms with Crippen LogP contribution in [0.3, 0.4) is 0 Å². The number of nitrogens with zero attached hydrogens (tertiary/aromatic N) is 1. The molecule has 0 fully saturated rings. The summed E-state index contributed by atoms with van der Waals surface area (Å²) in [6, 6.07) is 1.65. The van der Waals surface area contributed by atoms with Gasteiger partial charge in [0.1, 0.15) is 17.1 Å². The van der Waals surface area contributed by atoms with Gasteiger partial charge in [0.15, 0.2) is 0 Å². The number of hydrogen-bond donors (Lipinski definition) is 4. The Morgan fingerprint density at radius 3 is 2.12 bits per heavy atom. The molecule has 2 aromatic heterocycles. The van der Waals surface area contributed by atoms with Crippen LogP contribution in [0.5, 0.6) is 0 Å². The zero-order valence-corrected chi connectivity index (χ0v) is 14.5. The van der Waals surface area contributed by atoms with Crippen molar-refractivity contribution in [3.8, 4) is 11.3 Å². The molecule has 1 aliphatic rings. The molecule has 122 valence electrons. The standard InChI is InChI=1S/C14H6N2O8.Na.H/c17-10-4-2-6(14(23)24)15-8(4)7-3(12(19)20)1-5(13(21)22)16-9(7)11(10)18;;/h1-2,15H,(H,19,20)(H,21,22)(H,23,24);;/q;+1;-1. The fourth-order valence-electron chi connectivity index (χ4n) is 2.42. The number of carbonyl (C=O) groups is 5. The first-order valence-electron chi connectivity index (χ1n) is 6.29. The number of aromatic carboxylic acids is 3. The Hall–Kier alpha value is -2.82. The third-order valence-electron chi connectivity index (χ3n) is 3.43. The molecular formula is C14H7N2NaO8. The van der Waals surface area contributed by atoms with Crippen molar-refractivity contribution < 1.29 is 70.3 Å².